The molecule has 2 aliphatic rings. The van der Waals surface area contributed by atoms with Crippen LogP contribution < -0.4 is 19.7 Å². The third-order valence-electron chi connectivity index (χ3n) is 5.02. The molecular formula is C19H26Cl2N2O4. The number of nitrogens with one attached hydrogen (secondary N) is 1. The topological polar surface area (TPSA) is 60.0 Å². The van der Waals surface area contributed by atoms with E-state index in [0.717, 1.165) is 18.8 Å². The summed E-state index contributed by atoms with van der Waals surface area (Å²) in [5.41, 5.74) is 0.677. The second-order valence-electron chi connectivity index (χ2n) is 6.95. The predicted molar refractivity (Wildman–Crippen MR) is 108 cm³/mol. The van der Waals surface area contributed by atoms with E-state index in [1.165, 1.54) is 0 Å². The van der Waals surface area contributed by atoms with Crippen molar-refractivity contribution in [2.75, 3.05) is 49.7 Å². The number of carbonyl (C=O) groups excluding carboxylic acids is 1. The standard InChI is InChI=1S/C19H26Cl2N2O4/c1-4-26-15-11-14(23-6-8-25-9-7-23)16(27-5-2)10-13(15)22-17(24)18(3)12-19(18,20)21/h10-11H,4-9,12H2,1-3H3,(H,22,24). The number of hydrogen-bond acceptors (Lipinski definition) is 5. The highest BCUT2D eigenvalue weighted by Gasteiger charge is 2.68. The van der Waals surface area contributed by atoms with Gasteiger partial charge in [0.2, 0.25) is 5.91 Å². The Labute approximate surface area is 170 Å². The Morgan fingerprint density at radius 2 is 1.78 bits per heavy atom. The van der Waals surface area contributed by atoms with E-state index in [-0.39, 0.29) is 5.91 Å². The molecule has 1 saturated heterocycles. The molecule has 3 rings (SSSR count). The first-order chi connectivity index (χ1) is 12.8. The van der Waals surface area contributed by atoms with Crippen LogP contribution in [-0.2, 0) is 9.53 Å². The van der Waals surface area contributed by atoms with E-state index < -0.39 is 9.75 Å². The lowest BCUT2D eigenvalue weighted by atomic mass is 10.1. The zero-order chi connectivity index (χ0) is 19.7. The highest BCUT2D eigenvalue weighted by Crippen LogP contribution is 2.64. The Bertz CT molecular complexity index is 707. The van der Waals surface area contributed by atoms with Crippen LogP contribution in [0.3, 0.4) is 0 Å². The number of rotatable bonds is 7. The molecule has 1 unspecified atom stereocenters. The van der Waals surface area contributed by atoms with Crippen LogP contribution in [0.4, 0.5) is 11.4 Å². The van der Waals surface area contributed by atoms with Gasteiger partial charge in [0.05, 0.1) is 43.2 Å². The normalized spacial score (nSPS) is 23.7. The minimum Gasteiger partial charge on any atom is -0.492 e. The molecular weight excluding hydrogens is 391 g/mol. The highest BCUT2D eigenvalue weighted by atomic mass is 35.5. The van der Waals surface area contributed by atoms with Gasteiger partial charge >= 0.3 is 0 Å². The number of anilines is 2. The summed E-state index contributed by atoms with van der Waals surface area (Å²) in [5.74, 6) is 1.06. The number of ether oxygens (including phenoxy) is 3. The molecule has 1 heterocycles. The lowest BCUT2D eigenvalue weighted by molar-refractivity contribution is -0.120. The maximum atomic E-state index is 12.7. The number of alkyl halides is 2. The van der Waals surface area contributed by atoms with E-state index in [1.807, 2.05) is 26.0 Å². The first-order valence-corrected chi connectivity index (χ1v) is 10.0. The van der Waals surface area contributed by atoms with Gasteiger partial charge < -0.3 is 24.4 Å². The summed E-state index contributed by atoms with van der Waals surface area (Å²) >= 11 is 12.3. The molecule has 0 radical (unpaired) electrons. The minimum absolute atomic E-state index is 0.227. The molecule has 0 aromatic heterocycles. The van der Waals surface area contributed by atoms with E-state index in [0.29, 0.717) is 50.0 Å². The maximum absolute atomic E-state index is 12.7. The highest BCUT2D eigenvalue weighted by molar-refractivity contribution is 6.53. The molecule has 1 aromatic rings. The zero-order valence-electron chi connectivity index (χ0n) is 15.9. The fourth-order valence-corrected chi connectivity index (χ4v) is 3.86. The molecule has 1 aliphatic heterocycles. The van der Waals surface area contributed by atoms with E-state index in [9.17, 15) is 4.79 Å². The van der Waals surface area contributed by atoms with Crippen LogP contribution in [0.15, 0.2) is 12.1 Å². The number of carbonyl (C=O) groups is 1. The lowest BCUT2D eigenvalue weighted by Gasteiger charge is -2.31. The molecule has 1 atom stereocenters. The summed E-state index contributed by atoms with van der Waals surface area (Å²) in [7, 11) is 0. The van der Waals surface area contributed by atoms with E-state index in [4.69, 9.17) is 37.4 Å². The van der Waals surface area contributed by atoms with Gasteiger partial charge in [-0.3, -0.25) is 4.79 Å². The molecule has 1 aromatic carbocycles. The molecule has 6 nitrogen and oxygen atoms in total. The predicted octanol–water partition coefficient (Wildman–Crippen LogP) is 3.84. The third-order valence-corrected chi connectivity index (χ3v) is 6.12. The van der Waals surface area contributed by atoms with Gasteiger partial charge in [-0.25, -0.2) is 0 Å². The molecule has 2 fully saturated rings. The van der Waals surface area contributed by atoms with Gasteiger partial charge in [0.1, 0.15) is 15.8 Å². The van der Waals surface area contributed by atoms with Crippen molar-refractivity contribution >= 4 is 40.5 Å². The second-order valence-corrected chi connectivity index (χ2v) is 8.43. The first kappa shape index (κ1) is 20.4. The van der Waals surface area contributed by atoms with Crippen LogP contribution in [0, 0.1) is 5.41 Å². The van der Waals surface area contributed by atoms with Gasteiger partial charge in [-0.1, -0.05) is 0 Å². The average molecular weight is 417 g/mol. The number of benzene rings is 1. The number of morpholine rings is 1. The minimum atomic E-state index is -1.03. The molecule has 8 heteroatoms. The average Bonchev–Trinajstić information content (AvgIpc) is 3.17. The van der Waals surface area contributed by atoms with Crippen LogP contribution in [0.5, 0.6) is 11.5 Å². The Balaban J connectivity index is 1.92. The number of nitrogens with zero attached hydrogens (tertiary/aromatic N) is 1. The van der Waals surface area contributed by atoms with Crippen molar-refractivity contribution in [3.8, 4) is 11.5 Å². The molecule has 1 saturated carbocycles. The van der Waals surface area contributed by atoms with Crippen LogP contribution in [-0.4, -0.2) is 49.8 Å². The molecule has 0 bridgehead atoms. The van der Waals surface area contributed by atoms with Gasteiger partial charge in [0, 0.05) is 25.2 Å². The Hall–Kier alpha value is -1.37. The first-order valence-electron chi connectivity index (χ1n) is 9.28. The van der Waals surface area contributed by atoms with Crippen molar-refractivity contribution in [3.05, 3.63) is 12.1 Å². The van der Waals surface area contributed by atoms with Gasteiger partial charge in [0.25, 0.3) is 0 Å². The Morgan fingerprint density at radius 1 is 1.19 bits per heavy atom. The largest absolute Gasteiger partial charge is 0.492 e. The van der Waals surface area contributed by atoms with Crippen LogP contribution in [0.2, 0.25) is 0 Å². The molecule has 1 amide bonds. The number of hydrogen-bond donors (Lipinski definition) is 1. The van der Waals surface area contributed by atoms with E-state index in [1.54, 1.807) is 6.92 Å². The summed E-state index contributed by atoms with van der Waals surface area (Å²) in [6.07, 6.45) is 0.420. The second kappa shape index (κ2) is 7.94. The monoisotopic (exact) mass is 416 g/mol. The summed E-state index contributed by atoms with van der Waals surface area (Å²) in [6.45, 7) is 9.47. The van der Waals surface area contributed by atoms with Crippen molar-refractivity contribution in [1.29, 1.82) is 0 Å². The van der Waals surface area contributed by atoms with Gasteiger partial charge in [-0.15, -0.1) is 23.2 Å². The molecule has 150 valence electrons. The fraction of sp³-hybridized carbons (Fsp3) is 0.632. The molecule has 1 N–H and O–H groups in total. The Morgan fingerprint density at radius 3 is 2.33 bits per heavy atom. The van der Waals surface area contributed by atoms with Crippen molar-refractivity contribution in [2.24, 2.45) is 5.41 Å². The lowest BCUT2D eigenvalue weighted by Crippen LogP contribution is -2.36. The Kier molecular flexibility index (Phi) is 5.99. The number of amides is 1. The smallest absolute Gasteiger partial charge is 0.233 e. The van der Waals surface area contributed by atoms with Crippen LogP contribution in [0.25, 0.3) is 0 Å². The van der Waals surface area contributed by atoms with Crippen molar-refractivity contribution in [3.63, 3.8) is 0 Å². The van der Waals surface area contributed by atoms with Crippen LogP contribution >= 0.6 is 23.2 Å². The SMILES string of the molecule is CCOc1cc(N2CCOCC2)c(OCC)cc1NC(=O)C1(C)CC1(Cl)Cl. The summed E-state index contributed by atoms with van der Waals surface area (Å²) in [6, 6.07) is 3.73. The van der Waals surface area contributed by atoms with Crippen molar-refractivity contribution < 1.29 is 19.0 Å². The summed E-state index contributed by atoms with van der Waals surface area (Å²) in [4.78, 5) is 14.9. The molecule has 27 heavy (non-hydrogen) atoms. The van der Waals surface area contributed by atoms with Crippen molar-refractivity contribution in [2.45, 2.75) is 31.5 Å². The quantitative estimate of drug-likeness (QED) is 0.684. The van der Waals surface area contributed by atoms with E-state index in [2.05, 4.69) is 10.2 Å². The van der Waals surface area contributed by atoms with E-state index >= 15 is 0 Å². The molecule has 0 spiro atoms. The van der Waals surface area contributed by atoms with Crippen molar-refractivity contribution in [1.82, 2.24) is 0 Å². The van der Waals surface area contributed by atoms with Gasteiger partial charge in [-0.2, -0.15) is 0 Å². The van der Waals surface area contributed by atoms with Gasteiger partial charge in [0.15, 0.2) is 0 Å². The third kappa shape index (κ3) is 4.08. The molecule has 1 aliphatic carbocycles. The zero-order valence-corrected chi connectivity index (χ0v) is 17.5. The summed E-state index contributed by atoms with van der Waals surface area (Å²) < 4.78 is 16.1. The van der Waals surface area contributed by atoms with Crippen LogP contribution in [0.1, 0.15) is 27.2 Å². The summed E-state index contributed by atoms with van der Waals surface area (Å²) in [5, 5.41) is 2.93. The van der Waals surface area contributed by atoms with Gasteiger partial charge in [-0.05, 0) is 27.2 Å². The number of halogens is 2. The fourth-order valence-electron chi connectivity index (χ4n) is 3.15. The maximum Gasteiger partial charge on any atom is 0.233 e.